The van der Waals surface area contributed by atoms with Gasteiger partial charge in [-0.25, -0.2) is 8.78 Å². The minimum absolute atomic E-state index is 0.0783. The number of aryl methyl sites for hydroxylation is 1. The van der Waals surface area contributed by atoms with Gasteiger partial charge in [-0.3, -0.25) is 0 Å². The predicted octanol–water partition coefficient (Wildman–Crippen LogP) is 3.87. The fourth-order valence-corrected chi connectivity index (χ4v) is 2.34. The molecule has 0 spiro atoms. The number of benzene rings is 2. The molecule has 0 heterocycles. The molecule has 0 aliphatic heterocycles. The Bertz CT molecular complexity index is 628. The molecule has 21 heavy (non-hydrogen) atoms. The molecule has 2 aromatic rings. The summed E-state index contributed by atoms with van der Waals surface area (Å²) in [5.74, 6) is -0.734. The molecule has 0 aromatic heterocycles. The highest BCUT2D eigenvalue weighted by molar-refractivity contribution is 5.30. The summed E-state index contributed by atoms with van der Waals surface area (Å²) in [5.41, 5.74) is 2.51. The second kappa shape index (κ2) is 6.68. The number of hydrogen-bond acceptors (Lipinski definition) is 2. The number of phenols is 1. The van der Waals surface area contributed by atoms with Crippen LogP contribution in [0.15, 0.2) is 36.4 Å². The smallest absolute Gasteiger partial charge is 0.131 e. The normalized spacial score (nSPS) is 12.4. The van der Waals surface area contributed by atoms with Crippen LogP contribution in [0.25, 0.3) is 0 Å². The van der Waals surface area contributed by atoms with E-state index in [1.165, 1.54) is 18.2 Å². The van der Waals surface area contributed by atoms with E-state index in [9.17, 15) is 13.9 Å². The number of hydrogen-bond donors (Lipinski definition) is 2. The van der Waals surface area contributed by atoms with Crippen LogP contribution in [-0.4, -0.2) is 11.7 Å². The standard InChI is InChI=1S/C17H19F2NO/c1-11-9-14(18)4-3-13(11)7-8-20-12(2)16-6-5-15(21)10-17(16)19/h3-6,9-10,12,20-21H,7-8H2,1-2H3. The summed E-state index contributed by atoms with van der Waals surface area (Å²) in [4.78, 5) is 0. The summed E-state index contributed by atoms with van der Waals surface area (Å²) in [5, 5.41) is 12.4. The van der Waals surface area contributed by atoms with Crippen molar-refractivity contribution >= 4 is 0 Å². The van der Waals surface area contributed by atoms with Crippen molar-refractivity contribution in [2.75, 3.05) is 6.54 Å². The van der Waals surface area contributed by atoms with Gasteiger partial charge in [0.1, 0.15) is 17.4 Å². The number of halogens is 2. The van der Waals surface area contributed by atoms with Crippen LogP contribution >= 0.6 is 0 Å². The molecule has 2 nitrogen and oxygen atoms in total. The van der Waals surface area contributed by atoms with E-state index in [2.05, 4.69) is 5.32 Å². The maximum absolute atomic E-state index is 13.7. The van der Waals surface area contributed by atoms with E-state index in [0.29, 0.717) is 12.1 Å². The summed E-state index contributed by atoms with van der Waals surface area (Å²) in [6, 6.07) is 8.73. The quantitative estimate of drug-likeness (QED) is 0.876. The van der Waals surface area contributed by atoms with Crippen LogP contribution in [0.1, 0.15) is 29.7 Å². The molecule has 1 unspecified atom stereocenters. The van der Waals surface area contributed by atoms with Crippen molar-refractivity contribution in [3.8, 4) is 5.75 Å². The molecule has 0 amide bonds. The topological polar surface area (TPSA) is 32.3 Å². The lowest BCUT2D eigenvalue weighted by molar-refractivity contribution is 0.464. The van der Waals surface area contributed by atoms with Gasteiger partial charge in [0.25, 0.3) is 0 Å². The van der Waals surface area contributed by atoms with Crippen molar-refractivity contribution in [3.63, 3.8) is 0 Å². The highest BCUT2D eigenvalue weighted by atomic mass is 19.1. The lowest BCUT2D eigenvalue weighted by atomic mass is 10.0. The second-order valence-electron chi connectivity index (χ2n) is 5.20. The third-order valence-electron chi connectivity index (χ3n) is 3.60. The molecule has 2 rings (SSSR count). The van der Waals surface area contributed by atoms with E-state index in [4.69, 9.17) is 0 Å². The van der Waals surface area contributed by atoms with E-state index >= 15 is 0 Å². The van der Waals surface area contributed by atoms with Gasteiger partial charge in [-0.05, 0) is 56.1 Å². The van der Waals surface area contributed by atoms with Crippen LogP contribution in [-0.2, 0) is 6.42 Å². The molecule has 2 N–H and O–H groups in total. The van der Waals surface area contributed by atoms with Crippen LogP contribution < -0.4 is 5.32 Å². The lowest BCUT2D eigenvalue weighted by Crippen LogP contribution is -2.22. The minimum Gasteiger partial charge on any atom is -0.508 e. The van der Waals surface area contributed by atoms with Gasteiger partial charge in [-0.15, -0.1) is 0 Å². The Balaban J connectivity index is 1.93. The molecule has 0 saturated heterocycles. The molecule has 1 atom stereocenters. The molecule has 2 aromatic carbocycles. The fraction of sp³-hybridized carbons (Fsp3) is 0.294. The monoisotopic (exact) mass is 291 g/mol. The van der Waals surface area contributed by atoms with Gasteiger partial charge >= 0.3 is 0 Å². The molecular weight excluding hydrogens is 272 g/mol. The van der Waals surface area contributed by atoms with Gasteiger partial charge in [-0.2, -0.15) is 0 Å². The van der Waals surface area contributed by atoms with Gasteiger partial charge < -0.3 is 10.4 Å². The number of phenolic OH excluding ortho intramolecular Hbond substituents is 1. The first-order valence-electron chi connectivity index (χ1n) is 6.94. The van der Waals surface area contributed by atoms with Crippen LogP contribution in [0.4, 0.5) is 8.78 Å². The molecule has 0 aliphatic carbocycles. The highest BCUT2D eigenvalue weighted by Crippen LogP contribution is 2.21. The Kier molecular flexibility index (Phi) is 4.91. The van der Waals surface area contributed by atoms with Crippen LogP contribution in [0.5, 0.6) is 5.75 Å². The largest absolute Gasteiger partial charge is 0.508 e. The van der Waals surface area contributed by atoms with Gasteiger partial charge in [0.15, 0.2) is 0 Å². The molecule has 0 radical (unpaired) electrons. The van der Waals surface area contributed by atoms with Crippen LogP contribution in [0.2, 0.25) is 0 Å². The Hall–Kier alpha value is -1.94. The first-order chi connectivity index (χ1) is 9.97. The summed E-state index contributed by atoms with van der Waals surface area (Å²) in [6.07, 6.45) is 0.746. The van der Waals surface area contributed by atoms with Crippen molar-refractivity contribution in [1.82, 2.24) is 5.32 Å². The highest BCUT2D eigenvalue weighted by Gasteiger charge is 2.11. The zero-order valence-electron chi connectivity index (χ0n) is 12.2. The van der Waals surface area contributed by atoms with Gasteiger partial charge in [0, 0.05) is 17.7 Å². The van der Waals surface area contributed by atoms with Crippen molar-refractivity contribution in [1.29, 1.82) is 0 Å². The molecule has 4 heteroatoms. The predicted molar refractivity (Wildman–Crippen MR) is 79.3 cm³/mol. The summed E-state index contributed by atoms with van der Waals surface area (Å²) >= 11 is 0. The van der Waals surface area contributed by atoms with Crippen molar-refractivity contribution < 1.29 is 13.9 Å². The first kappa shape index (κ1) is 15.4. The zero-order chi connectivity index (χ0) is 15.4. The molecule has 0 bridgehead atoms. The number of rotatable bonds is 5. The summed E-state index contributed by atoms with van der Waals surface area (Å²) in [6.45, 7) is 4.41. The molecular formula is C17H19F2NO. The Morgan fingerprint density at radius 1 is 1.14 bits per heavy atom. The van der Waals surface area contributed by atoms with Crippen molar-refractivity contribution in [2.24, 2.45) is 0 Å². The maximum atomic E-state index is 13.7. The van der Waals surface area contributed by atoms with Gasteiger partial charge in [0.2, 0.25) is 0 Å². The molecule has 0 fully saturated rings. The van der Waals surface area contributed by atoms with E-state index in [1.54, 1.807) is 12.1 Å². The third kappa shape index (κ3) is 4.02. The Morgan fingerprint density at radius 3 is 2.57 bits per heavy atom. The van der Waals surface area contributed by atoms with E-state index in [1.807, 2.05) is 13.8 Å². The minimum atomic E-state index is -0.423. The molecule has 0 saturated carbocycles. The number of nitrogens with one attached hydrogen (secondary N) is 1. The fourth-order valence-electron chi connectivity index (χ4n) is 2.34. The SMILES string of the molecule is Cc1cc(F)ccc1CCNC(C)c1ccc(O)cc1F. The van der Waals surface area contributed by atoms with Crippen molar-refractivity contribution in [2.45, 2.75) is 26.3 Å². The Labute approximate surface area is 123 Å². The van der Waals surface area contributed by atoms with E-state index in [0.717, 1.165) is 23.6 Å². The summed E-state index contributed by atoms with van der Waals surface area (Å²) < 4.78 is 26.7. The second-order valence-corrected chi connectivity index (χ2v) is 5.20. The number of aromatic hydroxyl groups is 1. The molecule has 112 valence electrons. The Morgan fingerprint density at radius 2 is 1.90 bits per heavy atom. The lowest BCUT2D eigenvalue weighted by Gasteiger charge is -2.15. The molecule has 0 aliphatic rings. The third-order valence-corrected chi connectivity index (χ3v) is 3.60. The maximum Gasteiger partial charge on any atom is 0.131 e. The average molecular weight is 291 g/mol. The van der Waals surface area contributed by atoms with E-state index in [-0.39, 0.29) is 17.6 Å². The summed E-state index contributed by atoms with van der Waals surface area (Å²) in [7, 11) is 0. The van der Waals surface area contributed by atoms with E-state index < -0.39 is 5.82 Å². The van der Waals surface area contributed by atoms with Crippen LogP contribution in [0, 0.1) is 18.6 Å². The zero-order valence-corrected chi connectivity index (χ0v) is 12.2. The first-order valence-corrected chi connectivity index (χ1v) is 6.94. The van der Waals surface area contributed by atoms with Crippen molar-refractivity contribution in [3.05, 3.63) is 64.7 Å². The average Bonchev–Trinajstić information content (AvgIpc) is 2.41. The van der Waals surface area contributed by atoms with Gasteiger partial charge in [-0.1, -0.05) is 12.1 Å². The van der Waals surface area contributed by atoms with Crippen LogP contribution in [0.3, 0.4) is 0 Å². The van der Waals surface area contributed by atoms with Gasteiger partial charge in [0.05, 0.1) is 0 Å².